The minimum atomic E-state index is 0.370. The Morgan fingerprint density at radius 2 is 2.00 bits per heavy atom. The maximum atomic E-state index is 6.02. The molecule has 0 radical (unpaired) electrons. The second kappa shape index (κ2) is 5.97. The Kier molecular flexibility index (Phi) is 4.05. The van der Waals surface area contributed by atoms with E-state index in [-0.39, 0.29) is 0 Å². The molecule has 0 unspecified atom stereocenters. The molecule has 1 aromatic carbocycles. The topological polar surface area (TPSA) is 61.0 Å². The van der Waals surface area contributed by atoms with Crippen LogP contribution in [0.5, 0.6) is 11.5 Å². The lowest BCUT2D eigenvalue weighted by atomic mass is 10.2. The Hall–Kier alpha value is -1.69. The monoisotopic (exact) mass is 363 g/mol. The smallest absolute Gasteiger partial charge is 0.156 e. The van der Waals surface area contributed by atoms with Crippen LogP contribution in [0.15, 0.2) is 47.2 Å². The zero-order valence-corrected chi connectivity index (χ0v) is 13.2. The van der Waals surface area contributed by atoms with Gasteiger partial charge < -0.3 is 10.5 Å². The average Bonchev–Trinajstić information content (AvgIpc) is 2.47. The molecule has 2 aromatic heterocycles. The standard InChI is InChI=1S/C15H11BrClN3O/c16-10-5-12-15(20-8-10)13(3-4-19-12)21-14-6-11(17)2-1-9(14)7-18/h1-6,8H,7,18H2. The van der Waals surface area contributed by atoms with Crippen molar-refractivity contribution in [1.82, 2.24) is 9.97 Å². The van der Waals surface area contributed by atoms with Crippen molar-refractivity contribution in [3.05, 3.63) is 57.8 Å². The molecule has 4 nitrogen and oxygen atoms in total. The van der Waals surface area contributed by atoms with Crippen LogP contribution in [0.25, 0.3) is 11.0 Å². The molecule has 2 heterocycles. The van der Waals surface area contributed by atoms with E-state index >= 15 is 0 Å². The highest BCUT2D eigenvalue weighted by Gasteiger charge is 2.09. The second-order valence-corrected chi connectivity index (χ2v) is 5.74. The van der Waals surface area contributed by atoms with Gasteiger partial charge in [0.2, 0.25) is 0 Å². The summed E-state index contributed by atoms with van der Waals surface area (Å²) < 4.78 is 6.82. The summed E-state index contributed by atoms with van der Waals surface area (Å²) in [6.07, 6.45) is 3.39. The van der Waals surface area contributed by atoms with Gasteiger partial charge in [-0.2, -0.15) is 0 Å². The highest BCUT2D eigenvalue weighted by atomic mass is 79.9. The highest BCUT2D eigenvalue weighted by molar-refractivity contribution is 9.10. The number of rotatable bonds is 3. The molecule has 3 aromatic rings. The molecule has 0 aliphatic carbocycles. The zero-order valence-electron chi connectivity index (χ0n) is 10.9. The fraction of sp³-hybridized carbons (Fsp3) is 0.0667. The molecule has 21 heavy (non-hydrogen) atoms. The minimum absolute atomic E-state index is 0.370. The summed E-state index contributed by atoms with van der Waals surface area (Å²) >= 11 is 9.40. The number of nitrogens with zero attached hydrogens (tertiary/aromatic N) is 2. The highest BCUT2D eigenvalue weighted by Crippen LogP contribution is 2.32. The molecular weight excluding hydrogens is 354 g/mol. The Labute approximate surface area is 135 Å². The van der Waals surface area contributed by atoms with E-state index in [4.69, 9.17) is 22.1 Å². The summed E-state index contributed by atoms with van der Waals surface area (Å²) in [6, 6.07) is 9.04. The minimum Gasteiger partial charge on any atom is -0.455 e. The Balaban J connectivity index is 2.08. The van der Waals surface area contributed by atoms with Crippen LogP contribution in [-0.4, -0.2) is 9.97 Å². The summed E-state index contributed by atoms with van der Waals surface area (Å²) in [5.74, 6) is 1.24. The molecule has 0 saturated carbocycles. The van der Waals surface area contributed by atoms with E-state index < -0.39 is 0 Å². The molecule has 3 rings (SSSR count). The summed E-state index contributed by atoms with van der Waals surface area (Å²) in [4.78, 5) is 8.64. The van der Waals surface area contributed by atoms with Gasteiger partial charge in [0.25, 0.3) is 0 Å². The van der Waals surface area contributed by atoms with Crippen LogP contribution in [0.2, 0.25) is 5.02 Å². The largest absolute Gasteiger partial charge is 0.455 e. The van der Waals surface area contributed by atoms with Crippen molar-refractivity contribution in [1.29, 1.82) is 0 Å². The molecule has 6 heteroatoms. The van der Waals surface area contributed by atoms with Crippen molar-refractivity contribution in [3.8, 4) is 11.5 Å². The fourth-order valence-corrected chi connectivity index (χ4v) is 2.46. The maximum absolute atomic E-state index is 6.02. The molecular formula is C15H11BrClN3O. The van der Waals surface area contributed by atoms with Crippen LogP contribution in [0.1, 0.15) is 5.56 Å². The van der Waals surface area contributed by atoms with E-state index in [1.807, 2.05) is 12.1 Å². The van der Waals surface area contributed by atoms with Crippen LogP contribution in [-0.2, 0) is 6.54 Å². The third-order valence-corrected chi connectivity index (χ3v) is 3.64. The molecule has 0 saturated heterocycles. The molecule has 106 valence electrons. The molecule has 0 fully saturated rings. The molecule has 0 aliphatic rings. The van der Waals surface area contributed by atoms with Gasteiger partial charge in [0.15, 0.2) is 5.75 Å². The van der Waals surface area contributed by atoms with Crippen LogP contribution < -0.4 is 10.5 Å². The Morgan fingerprint density at radius 1 is 1.14 bits per heavy atom. The van der Waals surface area contributed by atoms with Crippen LogP contribution >= 0.6 is 27.5 Å². The SMILES string of the molecule is NCc1ccc(Cl)cc1Oc1ccnc2cc(Br)cnc12. The Morgan fingerprint density at radius 3 is 2.81 bits per heavy atom. The van der Waals surface area contributed by atoms with Gasteiger partial charge >= 0.3 is 0 Å². The van der Waals surface area contributed by atoms with E-state index in [9.17, 15) is 0 Å². The van der Waals surface area contributed by atoms with Gasteiger partial charge in [-0.3, -0.25) is 4.98 Å². The quantitative estimate of drug-likeness (QED) is 0.753. The van der Waals surface area contributed by atoms with E-state index in [1.54, 1.807) is 30.6 Å². The number of hydrogen-bond acceptors (Lipinski definition) is 4. The fourth-order valence-electron chi connectivity index (χ4n) is 1.97. The predicted molar refractivity (Wildman–Crippen MR) is 86.7 cm³/mol. The van der Waals surface area contributed by atoms with Gasteiger partial charge in [-0.05, 0) is 34.1 Å². The lowest BCUT2D eigenvalue weighted by molar-refractivity contribution is 0.480. The van der Waals surface area contributed by atoms with Crippen LogP contribution in [0.4, 0.5) is 0 Å². The van der Waals surface area contributed by atoms with Crippen molar-refractivity contribution in [2.75, 3.05) is 0 Å². The van der Waals surface area contributed by atoms with Crippen molar-refractivity contribution >= 4 is 38.6 Å². The molecule has 2 N–H and O–H groups in total. The van der Waals surface area contributed by atoms with Gasteiger partial charge in [-0.15, -0.1) is 0 Å². The third-order valence-electron chi connectivity index (χ3n) is 2.98. The lowest BCUT2D eigenvalue weighted by Crippen LogP contribution is -2.00. The van der Waals surface area contributed by atoms with Crippen molar-refractivity contribution < 1.29 is 4.74 Å². The normalized spacial score (nSPS) is 10.8. The molecule has 0 spiro atoms. The first-order valence-corrected chi connectivity index (χ1v) is 7.41. The number of pyridine rings is 2. The number of fused-ring (bicyclic) bond motifs is 1. The van der Waals surface area contributed by atoms with Crippen molar-refractivity contribution in [3.63, 3.8) is 0 Å². The van der Waals surface area contributed by atoms with E-state index in [0.717, 1.165) is 15.6 Å². The first kappa shape index (κ1) is 14.3. The number of nitrogens with two attached hydrogens (primary N) is 1. The van der Waals surface area contributed by atoms with Crippen molar-refractivity contribution in [2.24, 2.45) is 5.73 Å². The van der Waals surface area contributed by atoms with Crippen molar-refractivity contribution in [2.45, 2.75) is 6.54 Å². The van der Waals surface area contributed by atoms with Crippen LogP contribution in [0.3, 0.4) is 0 Å². The summed E-state index contributed by atoms with van der Waals surface area (Å²) in [5, 5.41) is 0.594. The number of ether oxygens (including phenoxy) is 1. The Bertz CT molecular complexity index is 810. The number of aromatic nitrogens is 2. The number of benzene rings is 1. The average molecular weight is 365 g/mol. The lowest BCUT2D eigenvalue weighted by Gasteiger charge is -2.11. The summed E-state index contributed by atoms with van der Waals surface area (Å²) in [6.45, 7) is 0.370. The molecule has 0 aliphatic heterocycles. The van der Waals surface area contributed by atoms with E-state index in [1.165, 1.54) is 0 Å². The van der Waals surface area contributed by atoms with E-state index in [0.29, 0.717) is 28.6 Å². The third kappa shape index (κ3) is 3.00. The summed E-state index contributed by atoms with van der Waals surface area (Å²) in [5.41, 5.74) is 8.04. The second-order valence-electron chi connectivity index (χ2n) is 4.39. The molecule has 0 amide bonds. The number of halogens is 2. The molecule has 0 bridgehead atoms. The van der Waals surface area contributed by atoms with Gasteiger partial charge in [-0.1, -0.05) is 17.7 Å². The van der Waals surface area contributed by atoms with Gasteiger partial charge in [0, 0.05) is 40.1 Å². The van der Waals surface area contributed by atoms with E-state index in [2.05, 4.69) is 25.9 Å². The predicted octanol–water partition coefficient (Wildman–Crippen LogP) is 4.30. The zero-order chi connectivity index (χ0) is 14.8. The van der Waals surface area contributed by atoms with Gasteiger partial charge in [0.1, 0.15) is 11.3 Å². The maximum Gasteiger partial charge on any atom is 0.156 e. The first-order chi connectivity index (χ1) is 10.2. The van der Waals surface area contributed by atoms with Gasteiger partial charge in [0.05, 0.1) is 5.52 Å². The van der Waals surface area contributed by atoms with Crippen LogP contribution in [0, 0.1) is 0 Å². The first-order valence-electron chi connectivity index (χ1n) is 6.24. The van der Waals surface area contributed by atoms with Gasteiger partial charge in [-0.25, -0.2) is 4.98 Å². The molecule has 0 atom stereocenters. The summed E-state index contributed by atoms with van der Waals surface area (Å²) in [7, 11) is 0. The number of hydrogen-bond donors (Lipinski definition) is 1.